The number of hydrogen-bond acceptors (Lipinski definition) is 9. The summed E-state index contributed by atoms with van der Waals surface area (Å²) >= 11 is 0. The number of rotatable bonds is 8. The number of piperazine rings is 1. The predicted octanol–water partition coefficient (Wildman–Crippen LogP) is 4.07. The van der Waals surface area contributed by atoms with Crippen LogP contribution in [0.1, 0.15) is 18.8 Å². The van der Waals surface area contributed by atoms with E-state index in [2.05, 4.69) is 11.9 Å². The van der Waals surface area contributed by atoms with Gasteiger partial charge < -0.3 is 28.9 Å². The summed E-state index contributed by atoms with van der Waals surface area (Å²) in [5.74, 6) is 2.31. The van der Waals surface area contributed by atoms with Gasteiger partial charge in [-0.15, -0.1) is 0 Å². The molecule has 1 aliphatic rings. The van der Waals surface area contributed by atoms with Crippen LogP contribution in [-0.4, -0.2) is 75.2 Å². The molecule has 1 aliphatic heterocycles. The quantitative estimate of drug-likeness (QED) is 0.309. The molecular weight excluding hydrogens is 538 g/mol. The number of carbonyl (C=O) groups excluding carboxylic acids is 1. The number of anilines is 1. The molecule has 1 amide bonds. The van der Waals surface area contributed by atoms with Crippen molar-refractivity contribution in [1.82, 2.24) is 14.6 Å². The minimum Gasteiger partial charge on any atom is -0.497 e. The monoisotopic (exact) mass is 573 g/mol. The number of amides is 1. The Balaban J connectivity index is 1.66. The van der Waals surface area contributed by atoms with Crippen LogP contribution in [0.5, 0.6) is 23.0 Å². The fraction of sp³-hybridized carbons (Fsp3) is 0.323. The maximum Gasteiger partial charge on any atom is 0.420 e. The van der Waals surface area contributed by atoms with Crippen molar-refractivity contribution in [3.05, 3.63) is 82.9 Å². The van der Waals surface area contributed by atoms with Gasteiger partial charge in [-0.1, -0.05) is 12.1 Å². The highest BCUT2D eigenvalue weighted by Crippen LogP contribution is 2.37. The van der Waals surface area contributed by atoms with Crippen LogP contribution in [-0.2, 0) is 0 Å². The van der Waals surface area contributed by atoms with Crippen molar-refractivity contribution in [2.24, 2.45) is 0 Å². The summed E-state index contributed by atoms with van der Waals surface area (Å²) in [7, 11) is 6.69. The molecule has 1 aromatic heterocycles. The lowest BCUT2D eigenvalue weighted by Crippen LogP contribution is -2.55. The Morgan fingerprint density at radius 2 is 1.50 bits per heavy atom. The van der Waals surface area contributed by atoms with Gasteiger partial charge in [0, 0.05) is 32.2 Å². The molecule has 1 atom stereocenters. The van der Waals surface area contributed by atoms with Crippen molar-refractivity contribution >= 4 is 22.7 Å². The number of ether oxygens (including phenoxy) is 4. The molecule has 11 nitrogen and oxygen atoms in total. The number of benzene rings is 3. The predicted molar refractivity (Wildman–Crippen MR) is 161 cm³/mol. The molecule has 42 heavy (non-hydrogen) atoms. The van der Waals surface area contributed by atoms with Crippen LogP contribution in [0.15, 0.2) is 71.5 Å². The van der Waals surface area contributed by atoms with Gasteiger partial charge in [0.2, 0.25) is 0 Å². The number of fused-ring (bicyclic) bond motifs is 1. The van der Waals surface area contributed by atoms with E-state index in [0.717, 1.165) is 13.1 Å². The number of nitrogens with zero attached hydrogens (tertiary/aromatic N) is 5. The lowest BCUT2D eigenvalue weighted by Gasteiger charge is -2.38. The maximum absolute atomic E-state index is 14.0. The molecule has 1 unspecified atom stereocenters. The Bertz CT molecular complexity index is 1610. The molecule has 0 N–H and O–H groups in total. The van der Waals surface area contributed by atoms with Gasteiger partial charge in [-0.25, -0.2) is 14.5 Å². The largest absolute Gasteiger partial charge is 0.497 e. The highest BCUT2D eigenvalue weighted by atomic mass is 16.6. The lowest BCUT2D eigenvalue weighted by atomic mass is 10.1. The third-order valence-electron chi connectivity index (χ3n) is 7.41. The average molecular weight is 574 g/mol. The van der Waals surface area contributed by atoms with E-state index >= 15 is 0 Å². The minimum atomic E-state index is -0.755. The molecule has 220 valence electrons. The van der Waals surface area contributed by atoms with E-state index in [-0.39, 0.29) is 5.56 Å². The summed E-state index contributed by atoms with van der Waals surface area (Å²) in [5, 5.41) is 2.49. The van der Waals surface area contributed by atoms with E-state index in [4.69, 9.17) is 23.9 Å². The summed E-state index contributed by atoms with van der Waals surface area (Å²) in [6, 6.07) is 18.4. The van der Waals surface area contributed by atoms with Crippen LogP contribution in [0.2, 0.25) is 0 Å². The molecule has 3 aromatic carbocycles. The number of aromatic nitrogens is 2. The summed E-state index contributed by atoms with van der Waals surface area (Å²) in [5.41, 5.74) is 0.772. The van der Waals surface area contributed by atoms with E-state index in [1.54, 1.807) is 73.5 Å². The molecule has 2 heterocycles. The standard InChI is InChI=1S/C31H35N5O6/c1-21(29-32-26-9-7-6-8-25(26)30(37)36(29)34-18-16-33(2)17-19-34)35(27-15-14-24(40-4)20-28(27)41-5)31(38)42-23-12-10-22(39-3)11-13-23/h6-15,20-21H,16-19H2,1-5H3. The van der Waals surface area contributed by atoms with Crippen LogP contribution in [0, 0.1) is 0 Å². The number of likely N-dealkylation sites (N-methyl/N-ethyl adjacent to an activating group) is 1. The molecule has 0 bridgehead atoms. The van der Waals surface area contributed by atoms with Gasteiger partial charge in [-0.05, 0) is 62.5 Å². The second-order valence-corrected chi connectivity index (χ2v) is 9.99. The first-order chi connectivity index (χ1) is 20.3. The van der Waals surface area contributed by atoms with E-state index in [1.165, 1.54) is 12.0 Å². The second kappa shape index (κ2) is 12.4. The van der Waals surface area contributed by atoms with Crippen molar-refractivity contribution in [2.45, 2.75) is 13.0 Å². The zero-order chi connectivity index (χ0) is 29.8. The van der Waals surface area contributed by atoms with E-state index in [1.807, 2.05) is 24.1 Å². The van der Waals surface area contributed by atoms with Crippen LogP contribution < -0.4 is 34.4 Å². The van der Waals surface area contributed by atoms with E-state index in [0.29, 0.717) is 58.5 Å². The minimum absolute atomic E-state index is 0.197. The second-order valence-electron chi connectivity index (χ2n) is 9.99. The first-order valence-corrected chi connectivity index (χ1v) is 13.7. The molecule has 0 spiro atoms. The summed E-state index contributed by atoms with van der Waals surface area (Å²) in [6.07, 6.45) is -0.677. The van der Waals surface area contributed by atoms with Crippen LogP contribution in [0.3, 0.4) is 0 Å². The number of carbonyl (C=O) groups is 1. The van der Waals surface area contributed by atoms with Crippen LogP contribution in [0.4, 0.5) is 10.5 Å². The first kappa shape index (κ1) is 28.7. The molecule has 0 radical (unpaired) electrons. The van der Waals surface area contributed by atoms with Gasteiger partial charge in [0.05, 0.1) is 44.0 Å². The Morgan fingerprint density at radius 3 is 2.17 bits per heavy atom. The van der Waals surface area contributed by atoms with Crippen molar-refractivity contribution in [3.8, 4) is 23.0 Å². The summed E-state index contributed by atoms with van der Waals surface area (Å²) in [6.45, 7) is 4.63. The molecule has 1 saturated heterocycles. The Morgan fingerprint density at radius 1 is 0.857 bits per heavy atom. The highest BCUT2D eigenvalue weighted by molar-refractivity contribution is 5.92. The van der Waals surface area contributed by atoms with Gasteiger partial charge in [0.25, 0.3) is 5.56 Å². The van der Waals surface area contributed by atoms with Gasteiger partial charge >= 0.3 is 6.09 Å². The summed E-state index contributed by atoms with van der Waals surface area (Å²) < 4.78 is 23.8. The summed E-state index contributed by atoms with van der Waals surface area (Å²) in [4.78, 5) is 36.6. The molecule has 5 rings (SSSR count). The van der Waals surface area contributed by atoms with Crippen molar-refractivity contribution in [1.29, 1.82) is 0 Å². The fourth-order valence-electron chi connectivity index (χ4n) is 5.04. The third kappa shape index (κ3) is 5.68. The Kier molecular flexibility index (Phi) is 8.48. The zero-order valence-corrected chi connectivity index (χ0v) is 24.4. The normalized spacial score (nSPS) is 14.4. The zero-order valence-electron chi connectivity index (χ0n) is 24.4. The van der Waals surface area contributed by atoms with Crippen molar-refractivity contribution in [3.63, 3.8) is 0 Å². The van der Waals surface area contributed by atoms with Gasteiger partial charge in [0.15, 0.2) is 5.82 Å². The number of hydrogen-bond donors (Lipinski definition) is 0. The molecule has 1 fully saturated rings. The van der Waals surface area contributed by atoms with Gasteiger partial charge in [0.1, 0.15) is 23.0 Å². The Hall–Kier alpha value is -4.77. The Labute approximate surface area is 244 Å². The first-order valence-electron chi connectivity index (χ1n) is 13.7. The fourth-order valence-corrected chi connectivity index (χ4v) is 5.04. The van der Waals surface area contributed by atoms with Gasteiger partial charge in [-0.3, -0.25) is 9.69 Å². The molecule has 4 aromatic rings. The molecule has 0 aliphatic carbocycles. The average Bonchev–Trinajstić information content (AvgIpc) is 3.02. The number of para-hydroxylation sites is 1. The highest BCUT2D eigenvalue weighted by Gasteiger charge is 2.33. The lowest BCUT2D eigenvalue weighted by molar-refractivity contribution is 0.204. The van der Waals surface area contributed by atoms with Crippen LogP contribution >= 0.6 is 0 Å². The third-order valence-corrected chi connectivity index (χ3v) is 7.41. The molecule has 11 heteroatoms. The van der Waals surface area contributed by atoms with Crippen LogP contribution in [0.25, 0.3) is 10.9 Å². The van der Waals surface area contributed by atoms with Crippen molar-refractivity contribution in [2.75, 3.05) is 64.5 Å². The topological polar surface area (TPSA) is 98.6 Å². The van der Waals surface area contributed by atoms with Crippen molar-refractivity contribution < 1.29 is 23.7 Å². The molecular formula is C31H35N5O6. The maximum atomic E-state index is 14.0. The SMILES string of the molecule is COc1ccc(OC(=O)N(c2ccc(OC)cc2OC)C(C)c2nc3ccccc3c(=O)n2N2CCN(C)CC2)cc1. The number of methoxy groups -OCH3 is 3. The van der Waals surface area contributed by atoms with Gasteiger partial charge in [-0.2, -0.15) is 0 Å². The van der Waals surface area contributed by atoms with E-state index in [9.17, 15) is 9.59 Å². The molecule has 0 saturated carbocycles. The smallest absolute Gasteiger partial charge is 0.420 e. The van der Waals surface area contributed by atoms with E-state index < -0.39 is 12.1 Å².